The van der Waals surface area contributed by atoms with Crippen LogP contribution >= 0.6 is 0 Å². The molecule has 0 fully saturated rings. The molecule has 6 nitrogen and oxygen atoms in total. The van der Waals surface area contributed by atoms with Gasteiger partial charge >= 0.3 is 6.09 Å². The molecular weight excluding hydrogens is 196 g/mol. The van der Waals surface area contributed by atoms with Crippen molar-refractivity contribution in [3.63, 3.8) is 0 Å². The van der Waals surface area contributed by atoms with Crippen molar-refractivity contribution >= 4 is 11.9 Å². The third-order valence-electron chi connectivity index (χ3n) is 1.60. The van der Waals surface area contributed by atoms with E-state index in [1.165, 1.54) is 6.20 Å². The van der Waals surface area contributed by atoms with Gasteiger partial charge in [0.05, 0.1) is 5.56 Å². The van der Waals surface area contributed by atoms with Gasteiger partial charge in [-0.15, -0.1) is 0 Å². The second kappa shape index (κ2) is 5.44. The van der Waals surface area contributed by atoms with Gasteiger partial charge in [-0.1, -0.05) is 0 Å². The number of nitriles is 1. The number of pyridine rings is 1. The molecule has 0 aliphatic heterocycles. The highest BCUT2D eigenvalue weighted by Gasteiger charge is 1.95. The Bertz CT molecular complexity index is 369. The van der Waals surface area contributed by atoms with Crippen LogP contribution in [0.5, 0.6) is 0 Å². The number of carboxylic acid groups (broad SMARTS) is 1. The zero-order valence-corrected chi connectivity index (χ0v) is 7.90. The lowest BCUT2D eigenvalue weighted by Gasteiger charge is -2.04. The molecule has 6 heteroatoms. The number of aromatic nitrogens is 1. The maximum atomic E-state index is 10.1. The summed E-state index contributed by atoms with van der Waals surface area (Å²) < 4.78 is 0. The summed E-state index contributed by atoms with van der Waals surface area (Å²) in [5.41, 5.74) is 0.490. The van der Waals surface area contributed by atoms with Crippen molar-refractivity contribution in [1.82, 2.24) is 10.3 Å². The lowest BCUT2D eigenvalue weighted by Crippen LogP contribution is -2.27. The van der Waals surface area contributed by atoms with Crippen LogP contribution < -0.4 is 10.6 Å². The van der Waals surface area contributed by atoms with Crippen LogP contribution in [0.2, 0.25) is 0 Å². The molecule has 0 radical (unpaired) electrons. The Hall–Kier alpha value is -2.29. The first kappa shape index (κ1) is 10.8. The van der Waals surface area contributed by atoms with Crippen molar-refractivity contribution in [1.29, 1.82) is 5.26 Å². The number of amides is 1. The fourth-order valence-electron chi connectivity index (χ4n) is 0.925. The topological polar surface area (TPSA) is 98.0 Å². The number of nitrogens with one attached hydrogen (secondary N) is 2. The van der Waals surface area contributed by atoms with Crippen molar-refractivity contribution in [3.05, 3.63) is 23.9 Å². The third kappa shape index (κ3) is 3.95. The molecule has 0 spiro atoms. The van der Waals surface area contributed by atoms with Crippen molar-refractivity contribution in [3.8, 4) is 6.07 Å². The van der Waals surface area contributed by atoms with Gasteiger partial charge in [0.25, 0.3) is 0 Å². The first-order chi connectivity index (χ1) is 7.22. The maximum absolute atomic E-state index is 10.1. The summed E-state index contributed by atoms with van der Waals surface area (Å²) in [4.78, 5) is 14.1. The molecule has 0 saturated heterocycles. The Balaban J connectivity index is 2.32. The average Bonchev–Trinajstić information content (AvgIpc) is 2.25. The summed E-state index contributed by atoms with van der Waals surface area (Å²) in [6.45, 7) is 0.752. The summed E-state index contributed by atoms with van der Waals surface area (Å²) in [6, 6.07) is 5.26. The van der Waals surface area contributed by atoms with Crippen LogP contribution in [-0.4, -0.2) is 29.3 Å². The molecule has 3 N–H and O–H groups in total. The molecule has 15 heavy (non-hydrogen) atoms. The Morgan fingerprint density at radius 3 is 2.87 bits per heavy atom. The number of nitrogens with zero attached hydrogens (tertiary/aromatic N) is 2. The van der Waals surface area contributed by atoms with E-state index in [0.717, 1.165) is 0 Å². The zero-order valence-electron chi connectivity index (χ0n) is 7.90. The van der Waals surface area contributed by atoms with Gasteiger partial charge in [-0.05, 0) is 12.1 Å². The fourth-order valence-corrected chi connectivity index (χ4v) is 0.925. The van der Waals surface area contributed by atoms with Gasteiger partial charge in [-0.3, -0.25) is 0 Å². The number of carbonyl (C=O) groups is 1. The molecule has 1 amide bonds. The Kier molecular flexibility index (Phi) is 3.91. The lowest BCUT2D eigenvalue weighted by molar-refractivity contribution is 0.195. The minimum Gasteiger partial charge on any atom is -0.465 e. The van der Waals surface area contributed by atoms with Gasteiger partial charge in [-0.2, -0.15) is 5.26 Å². The number of hydrogen-bond acceptors (Lipinski definition) is 4. The summed E-state index contributed by atoms with van der Waals surface area (Å²) in [6.07, 6.45) is 0.400. The van der Waals surface area contributed by atoms with E-state index in [0.29, 0.717) is 24.5 Å². The van der Waals surface area contributed by atoms with Crippen LogP contribution in [0.4, 0.5) is 10.6 Å². The fraction of sp³-hybridized carbons (Fsp3) is 0.222. The number of rotatable bonds is 4. The van der Waals surface area contributed by atoms with Crippen LogP contribution in [0.15, 0.2) is 18.3 Å². The van der Waals surface area contributed by atoms with E-state index in [4.69, 9.17) is 10.4 Å². The monoisotopic (exact) mass is 206 g/mol. The molecule has 0 aliphatic rings. The summed E-state index contributed by atoms with van der Waals surface area (Å²) in [5.74, 6) is 0.612. The minimum absolute atomic E-state index is 0.303. The number of anilines is 1. The van der Waals surface area contributed by atoms with E-state index in [1.54, 1.807) is 12.1 Å². The van der Waals surface area contributed by atoms with Crippen LogP contribution in [-0.2, 0) is 0 Å². The average molecular weight is 206 g/mol. The van der Waals surface area contributed by atoms with Gasteiger partial charge in [0.2, 0.25) is 0 Å². The molecule has 0 unspecified atom stereocenters. The summed E-state index contributed by atoms with van der Waals surface area (Å²) in [5, 5.41) is 21.9. The molecule has 0 atom stereocenters. The molecule has 0 aromatic carbocycles. The molecule has 0 bridgehead atoms. The highest BCUT2D eigenvalue weighted by Crippen LogP contribution is 2.02. The molecule has 1 heterocycles. The van der Waals surface area contributed by atoms with Crippen LogP contribution in [0.1, 0.15) is 5.56 Å². The molecule has 0 saturated carbocycles. The van der Waals surface area contributed by atoms with Crippen molar-refractivity contribution < 1.29 is 9.90 Å². The van der Waals surface area contributed by atoms with Gasteiger partial charge in [0, 0.05) is 19.3 Å². The minimum atomic E-state index is -1.05. The quantitative estimate of drug-likeness (QED) is 0.628. The predicted molar refractivity (Wildman–Crippen MR) is 53.5 cm³/mol. The predicted octanol–water partition coefficient (Wildman–Crippen LogP) is 0.633. The van der Waals surface area contributed by atoms with E-state index in [1.807, 2.05) is 6.07 Å². The van der Waals surface area contributed by atoms with Crippen molar-refractivity contribution in [2.24, 2.45) is 0 Å². The van der Waals surface area contributed by atoms with Gasteiger partial charge < -0.3 is 15.7 Å². The molecule has 78 valence electrons. The first-order valence-electron chi connectivity index (χ1n) is 4.29. The normalized spacial score (nSPS) is 9.00. The Morgan fingerprint density at radius 2 is 2.33 bits per heavy atom. The highest BCUT2D eigenvalue weighted by molar-refractivity contribution is 5.64. The lowest BCUT2D eigenvalue weighted by atomic mass is 10.3. The zero-order chi connectivity index (χ0) is 11.1. The van der Waals surface area contributed by atoms with Crippen LogP contribution in [0.3, 0.4) is 0 Å². The van der Waals surface area contributed by atoms with Crippen molar-refractivity contribution in [2.45, 2.75) is 0 Å². The second-order valence-corrected chi connectivity index (χ2v) is 2.70. The molecule has 0 aliphatic carbocycles. The molecule has 1 rings (SSSR count). The smallest absolute Gasteiger partial charge is 0.404 e. The van der Waals surface area contributed by atoms with Gasteiger partial charge in [0.1, 0.15) is 11.9 Å². The standard InChI is InChI=1S/C9H10N4O2/c10-5-7-1-2-8(13-6-7)11-3-4-12-9(14)15/h1-2,6,12H,3-4H2,(H,11,13)(H,14,15). The third-order valence-corrected chi connectivity index (χ3v) is 1.60. The first-order valence-corrected chi connectivity index (χ1v) is 4.29. The largest absolute Gasteiger partial charge is 0.465 e. The van der Waals surface area contributed by atoms with Crippen LogP contribution in [0.25, 0.3) is 0 Å². The van der Waals surface area contributed by atoms with Crippen molar-refractivity contribution in [2.75, 3.05) is 18.4 Å². The SMILES string of the molecule is N#Cc1ccc(NCCNC(=O)O)nc1. The molecule has 1 aromatic rings. The Labute approximate surface area is 86.6 Å². The van der Waals surface area contributed by atoms with E-state index >= 15 is 0 Å². The molecular formula is C9H10N4O2. The van der Waals surface area contributed by atoms with Crippen LogP contribution in [0, 0.1) is 11.3 Å². The van der Waals surface area contributed by atoms with E-state index < -0.39 is 6.09 Å². The Morgan fingerprint density at radius 1 is 1.53 bits per heavy atom. The van der Waals surface area contributed by atoms with E-state index in [9.17, 15) is 4.79 Å². The van der Waals surface area contributed by atoms with Gasteiger partial charge in [-0.25, -0.2) is 9.78 Å². The van der Waals surface area contributed by atoms with E-state index in [-0.39, 0.29) is 0 Å². The second-order valence-electron chi connectivity index (χ2n) is 2.70. The summed E-state index contributed by atoms with van der Waals surface area (Å²) >= 11 is 0. The highest BCUT2D eigenvalue weighted by atomic mass is 16.4. The van der Waals surface area contributed by atoms with Gasteiger partial charge in [0.15, 0.2) is 0 Å². The summed E-state index contributed by atoms with van der Waals surface area (Å²) in [7, 11) is 0. The van der Waals surface area contributed by atoms with E-state index in [2.05, 4.69) is 15.6 Å². The number of hydrogen-bond donors (Lipinski definition) is 3. The molecule has 1 aromatic heterocycles. The maximum Gasteiger partial charge on any atom is 0.404 e.